The van der Waals surface area contributed by atoms with Crippen molar-refractivity contribution < 1.29 is 4.74 Å². The summed E-state index contributed by atoms with van der Waals surface area (Å²) in [5.74, 6) is 1.00. The van der Waals surface area contributed by atoms with Crippen LogP contribution < -0.4 is 4.74 Å². The lowest BCUT2D eigenvalue weighted by atomic mass is 9.84. The largest absolute Gasteiger partial charge is 0.494 e. The summed E-state index contributed by atoms with van der Waals surface area (Å²) in [5.41, 5.74) is 5.99. The summed E-state index contributed by atoms with van der Waals surface area (Å²) < 4.78 is 6.02. The number of benzene rings is 3. The van der Waals surface area contributed by atoms with Crippen LogP contribution in [-0.4, -0.2) is 16.6 Å². The third-order valence-corrected chi connectivity index (χ3v) is 5.39. The van der Waals surface area contributed by atoms with Gasteiger partial charge in [0.2, 0.25) is 0 Å². The molecule has 138 valence electrons. The van der Waals surface area contributed by atoms with Crippen molar-refractivity contribution in [3.05, 3.63) is 102 Å². The molecule has 0 spiro atoms. The monoisotopic (exact) mass is 366 g/mol. The fraction of sp³-hybridized carbons (Fsp3) is 0.120. The van der Waals surface area contributed by atoms with E-state index in [1.165, 1.54) is 27.5 Å². The van der Waals surface area contributed by atoms with Gasteiger partial charge in [0.1, 0.15) is 5.75 Å². The molecule has 3 heteroatoms. The fourth-order valence-electron chi connectivity index (χ4n) is 4.17. The van der Waals surface area contributed by atoms with Crippen LogP contribution in [0.25, 0.3) is 21.8 Å². The number of para-hydroxylation sites is 3. The van der Waals surface area contributed by atoms with Gasteiger partial charge in [-0.2, -0.15) is 0 Å². The Morgan fingerprint density at radius 1 is 0.679 bits per heavy atom. The van der Waals surface area contributed by atoms with E-state index in [0.717, 1.165) is 16.8 Å². The highest BCUT2D eigenvalue weighted by Crippen LogP contribution is 2.42. The number of aromatic amines is 2. The number of hydrogen-bond donors (Lipinski definition) is 2. The van der Waals surface area contributed by atoms with E-state index in [2.05, 4.69) is 89.1 Å². The predicted octanol–water partition coefficient (Wildman–Crippen LogP) is 6.23. The van der Waals surface area contributed by atoms with E-state index in [0.29, 0.717) is 6.61 Å². The van der Waals surface area contributed by atoms with E-state index < -0.39 is 0 Å². The van der Waals surface area contributed by atoms with Gasteiger partial charge in [0, 0.05) is 45.7 Å². The van der Waals surface area contributed by atoms with Gasteiger partial charge < -0.3 is 14.7 Å². The van der Waals surface area contributed by atoms with Crippen molar-refractivity contribution in [1.82, 2.24) is 9.97 Å². The molecule has 2 aromatic heterocycles. The molecule has 3 aromatic carbocycles. The Hall–Kier alpha value is -3.46. The minimum Gasteiger partial charge on any atom is -0.494 e. The molecule has 28 heavy (non-hydrogen) atoms. The number of H-pyrrole nitrogens is 2. The molecular weight excluding hydrogens is 344 g/mol. The maximum Gasteiger partial charge on any atom is 0.123 e. The van der Waals surface area contributed by atoms with Gasteiger partial charge in [0.25, 0.3) is 0 Å². The zero-order valence-corrected chi connectivity index (χ0v) is 15.8. The smallest absolute Gasteiger partial charge is 0.123 e. The summed E-state index contributed by atoms with van der Waals surface area (Å²) >= 11 is 0. The lowest BCUT2D eigenvalue weighted by Gasteiger charge is -2.20. The Labute approximate surface area is 164 Å². The highest BCUT2D eigenvalue weighted by Gasteiger charge is 2.25. The van der Waals surface area contributed by atoms with Crippen LogP contribution in [0.4, 0.5) is 0 Å². The Bertz CT molecular complexity index is 1170. The zero-order chi connectivity index (χ0) is 18.9. The molecule has 5 aromatic rings. The molecule has 0 aliphatic heterocycles. The highest BCUT2D eigenvalue weighted by molar-refractivity contribution is 5.89. The van der Waals surface area contributed by atoms with Crippen LogP contribution in [0.1, 0.15) is 29.5 Å². The number of ether oxygens (including phenoxy) is 1. The Morgan fingerprint density at radius 2 is 1.21 bits per heavy atom. The average Bonchev–Trinajstić information content (AvgIpc) is 3.35. The summed E-state index contributed by atoms with van der Waals surface area (Å²) in [6.07, 6.45) is 4.28. The van der Waals surface area contributed by atoms with E-state index in [1.807, 2.05) is 13.0 Å². The van der Waals surface area contributed by atoms with Gasteiger partial charge in [-0.15, -0.1) is 0 Å². The number of hydrogen-bond acceptors (Lipinski definition) is 1. The van der Waals surface area contributed by atoms with E-state index >= 15 is 0 Å². The van der Waals surface area contributed by atoms with Gasteiger partial charge in [-0.05, 0) is 36.2 Å². The molecular formula is C25H22N2O. The maximum atomic E-state index is 6.02. The van der Waals surface area contributed by atoms with Gasteiger partial charge in [-0.25, -0.2) is 0 Å². The summed E-state index contributed by atoms with van der Waals surface area (Å²) in [4.78, 5) is 6.90. The first-order valence-corrected chi connectivity index (χ1v) is 9.70. The van der Waals surface area contributed by atoms with Crippen LogP contribution >= 0.6 is 0 Å². The SMILES string of the molecule is CCOc1ccccc1C(c1c[nH]c2ccccc12)c1c[nH]c2ccccc12. The molecule has 3 nitrogen and oxygen atoms in total. The van der Waals surface area contributed by atoms with E-state index in [4.69, 9.17) is 4.74 Å². The molecule has 0 amide bonds. The van der Waals surface area contributed by atoms with Gasteiger partial charge in [-0.1, -0.05) is 54.6 Å². The van der Waals surface area contributed by atoms with Gasteiger partial charge in [0.15, 0.2) is 0 Å². The Morgan fingerprint density at radius 3 is 1.82 bits per heavy atom. The first-order chi connectivity index (χ1) is 13.9. The lowest BCUT2D eigenvalue weighted by molar-refractivity contribution is 0.336. The van der Waals surface area contributed by atoms with Crippen LogP contribution in [-0.2, 0) is 0 Å². The fourth-order valence-corrected chi connectivity index (χ4v) is 4.17. The molecule has 0 saturated heterocycles. The normalized spacial score (nSPS) is 11.5. The molecule has 0 saturated carbocycles. The molecule has 0 bridgehead atoms. The second-order valence-electron chi connectivity index (χ2n) is 6.98. The molecule has 5 rings (SSSR count). The van der Waals surface area contributed by atoms with Crippen molar-refractivity contribution in [2.75, 3.05) is 6.61 Å². The topological polar surface area (TPSA) is 40.8 Å². The Kier molecular flexibility index (Phi) is 4.13. The van der Waals surface area contributed by atoms with Gasteiger partial charge in [-0.3, -0.25) is 0 Å². The molecule has 0 atom stereocenters. The first-order valence-electron chi connectivity index (χ1n) is 9.70. The predicted molar refractivity (Wildman–Crippen MR) is 115 cm³/mol. The molecule has 0 radical (unpaired) electrons. The third kappa shape index (κ3) is 2.67. The third-order valence-electron chi connectivity index (χ3n) is 5.39. The molecule has 0 fully saturated rings. The molecule has 0 aliphatic rings. The average molecular weight is 366 g/mol. The van der Waals surface area contributed by atoms with Crippen LogP contribution in [0.2, 0.25) is 0 Å². The summed E-state index contributed by atoms with van der Waals surface area (Å²) in [5, 5.41) is 2.48. The lowest BCUT2D eigenvalue weighted by Crippen LogP contribution is -2.06. The van der Waals surface area contributed by atoms with Crippen molar-refractivity contribution >= 4 is 21.8 Å². The zero-order valence-electron chi connectivity index (χ0n) is 15.8. The second kappa shape index (κ2) is 6.93. The first kappa shape index (κ1) is 16.7. The minimum absolute atomic E-state index is 0.0649. The number of nitrogens with one attached hydrogen (secondary N) is 2. The number of aromatic nitrogens is 2. The van der Waals surface area contributed by atoms with Crippen LogP contribution in [0.3, 0.4) is 0 Å². The van der Waals surface area contributed by atoms with Crippen LogP contribution in [0.5, 0.6) is 5.75 Å². The maximum absolute atomic E-state index is 6.02. The van der Waals surface area contributed by atoms with Crippen molar-refractivity contribution in [2.24, 2.45) is 0 Å². The standard InChI is InChI=1S/C25H22N2O/c1-2-28-24-14-8-5-11-19(24)25(20-15-26-22-12-6-3-9-17(20)22)21-16-27-23-13-7-4-10-18(21)23/h3-16,25-27H,2H2,1H3. The van der Waals surface area contributed by atoms with Crippen LogP contribution in [0.15, 0.2) is 85.2 Å². The van der Waals surface area contributed by atoms with E-state index in [-0.39, 0.29) is 5.92 Å². The summed E-state index contributed by atoms with van der Waals surface area (Å²) in [7, 11) is 0. The van der Waals surface area contributed by atoms with Crippen molar-refractivity contribution in [3.8, 4) is 5.75 Å². The van der Waals surface area contributed by atoms with Crippen molar-refractivity contribution in [1.29, 1.82) is 0 Å². The molecule has 0 aliphatic carbocycles. The molecule has 2 N–H and O–H groups in total. The second-order valence-corrected chi connectivity index (χ2v) is 6.98. The van der Waals surface area contributed by atoms with E-state index in [9.17, 15) is 0 Å². The number of fused-ring (bicyclic) bond motifs is 2. The molecule has 0 unspecified atom stereocenters. The Balaban J connectivity index is 1.81. The van der Waals surface area contributed by atoms with Gasteiger partial charge >= 0.3 is 0 Å². The minimum atomic E-state index is 0.0649. The quantitative estimate of drug-likeness (QED) is 0.380. The van der Waals surface area contributed by atoms with E-state index in [1.54, 1.807) is 0 Å². The van der Waals surface area contributed by atoms with Crippen molar-refractivity contribution in [3.63, 3.8) is 0 Å². The highest BCUT2D eigenvalue weighted by atomic mass is 16.5. The number of rotatable bonds is 5. The summed E-state index contributed by atoms with van der Waals surface area (Å²) in [6, 6.07) is 25.3. The van der Waals surface area contributed by atoms with Crippen LogP contribution in [0, 0.1) is 0 Å². The van der Waals surface area contributed by atoms with Crippen molar-refractivity contribution in [2.45, 2.75) is 12.8 Å². The molecule has 2 heterocycles. The van der Waals surface area contributed by atoms with Gasteiger partial charge in [0.05, 0.1) is 6.61 Å². The summed E-state index contributed by atoms with van der Waals surface area (Å²) in [6.45, 7) is 2.68.